The van der Waals surface area contributed by atoms with Crippen LogP contribution in [-0.2, 0) is 15.0 Å². The zero-order valence-electron chi connectivity index (χ0n) is 21.4. The third-order valence-corrected chi connectivity index (χ3v) is 6.62. The first-order valence-corrected chi connectivity index (χ1v) is 12.1. The lowest BCUT2D eigenvalue weighted by Crippen LogP contribution is -2.42. The van der Waals surface area contributed by atoms with E-state index in [1.807, 2.05) is 20.8 Å². The molecule has 0 aliphatic heterocycles. The first-order chi connectivity index (χ1) is 16.5. The Morgan fingerprint density at radius 3 is 2.46 bits per heavy atom. The molecule has 4 N–H and O–H groups in total. The molecule has 188 valence electrons. The lowest BCUT2D eigenvalue weighted by Gasteiger charge is -2.35. The van der Waals surface area contributed by atoms with Gasteiger partial charge in [0.1, 0.15) is 24.9 Å². The van der Waals surface area contributed by atoms with Crippen LogP contribution in [0.15, 0.2) is 29.7 Å². The van der Waals surface area contributed by atoms with Crippen LogP contribution in [0.25, 0.3) is 11.3 Å². The van der Waals surface area contributed by atoms with E-state index in [1.54, 1.807) is 7.11 Å². The summed E-state index contributed by atoms with van der Waals surface area (Å²) in [5.41, 5.74) is 10.7. The van der Waals surface area contributed by atoms with Gasteiger partial charge in [0.05, 0.1) is 11.4 Å². The van der Waals surface area contributed by atoms with E-state index < -0.39 is 11.0 Å². The number of ether oxygens (including phenoxy) is 1. The van der Waals surface area contributed by atoms with Gasteiger partial charge in [-0.15, -0.1) is 0 Å². The Bertz CT molecular complexity index is 1130. The third-order valence-electron chi connectivity index (χ3n) is 6.62. The number of amides is 1. The fourth-order valence-electron chi connectivity index (χ4n) is 5.06. The lowest BCUT2D eigenvalue weighted by molar-refractivity contribution is 0.0492. The fraction of sp³-hybridized carbons (Fsp3) is 0.538. The smallest absolute Gasteiger partial charge is 0.407 e. The minimum atomic E-state index is -0.520. The first kappa shape index (κ1) is 24.8. The Balaban J connectivity index is 1.50. The number of anilines is 2. The van der Waals surface area contributed by atoms with Crippen LogP contribution in [0.5, 0.6) is 0 Å². The molecular formula is C26H36N6O3. The number of nitrogens with two attached hydrogens (primary N) is 1. The highest BCUT2D eigenvalue weighted by Crippen LogP contribution is 2.45. The summed E-state index contributed by atoms with van der Waals surface area (Å²) in [5, 5.41) is 11.1. The van der Waals surface area contributed by atoms with E-state index in [-0.39, 0.29) is 12.1 Å². The van der Waals surface area contributed by atoms with Crippen molar-refractivity contribution in [3.8, 4) is 11.3 Å². The summed E-state index contributed by atoms with van der Waals surface area (Å²) in [4.78, 5) is 26.1. The average Bonchev–Trinajstić information content (AvgIpc) is 2.76. The van der Waals surface area contributed by atoms with E-state index in [0.717, 1.165) is 59.5 Å². The van der Waals surface area contributed by atoms with Crippen LogP contribution in [0.3, 0.4) is 0 Å². The number of aromatic nitrogens is 2. The van der Waals surface area contributed by atoms with Crippen molar-refractivity contribution in [2.24, 2.45) is 5.16 Å². The number of hydrogen-bond acceptors (Lipinski definition) is 8. The minimum absolute atomic E-state index is 0.134. The summed E-state index contributed by atoms with van der Waals surface area (Å²) >= 11 is 0. The largest absolute Gasteiger partial charge is 0.444 e. The van der Waals surface area contributed by atoms with Crippen LogP contribution in [0.2, 0.25) is 0 Å². The SMILES string of the molecule is CO/N=C1\c2cc(N[C@H]3CC[C@H](NC(=O)OC(C)(C)C)CC3)ccc2-c2ncnc(N)c2C1(C)C. The summed E-state index contributed by atoms with van der Waals surface area (Å²) < 4.78 is 5.39. The third kappa shape index (κ3) is 5.18. The van der Waals surface area contributed by atoms with Gasteiger partial charge in [0, 0.05) is 39.9 Å². The highest BCUT2D eigenvalue weighted by molar-refractivity contribution is 6.16. The van der Waals surface area contributed by atoms with Crippen molar-refractivity contribution < 1.29 is 14.4 Å². The van der Waals surface area contributed by atoms with E-state index >= 15 is 0 Å². The van der Waals surface area contributed by atoms with E-state index in [4.69, 9.17) is 15.3 Å². The second kappa shape index (κ2) is 9.36. The molecule has 2 aromatic rings. The molecule has 0 bridgehead atoms. The summed E-state index contributed by atoms with van der Waals surface area (Å²) in [7, 11) is 1.55. The predicted molar refractivity (Wildman–Crippen MR) is 137 cm³/mol. The van der Waals surface area contributed by atoms with Crippen molar-refractivity contribution >= 4 is 23.3 Å². The van der Waals surface area contributed by atoms with Crippen molar-refractivity contribution in [2.75, 3.05) is 18.2 Å². The summed E-state index contributed by atoms with van der Waals surface area (Å²) in [6.45, 7) is 9.74. The number of nitrogen functional groups attached to an aromatic ring is 1. The molecule has 1 aromatic heterocycles. The highest BCUT2D eigenvalue weighted by Gasteiger charge is 2.41. The number of carbonyl (C=O) groups is 1. The fourth-order valence-corrected chi connectivity index (χ4v) is 5.06. The number of carbonyl (C=O) groups excluding carboxylic acids is 1. The van der Waals surface area contributed by atoms with Gasteiger partial charge in [0.25, 0.3) is 0 Å². The number of fused-ring (bicyclic) bond motifs is 3. The van der Waals surface area contributed by atoms with Gasteiger partial charge in [-0.05, 0) is 72.4 Å². The van der Waals surface area contributed by atoms with E-state index in [1.165, 1.54) is 6.33 Å². The maximum atomic E-state index is 12.1. The predicted octanol–water partition coefficient (Wildman–Crippen LogP) is 4.62. The van der Waals surface area contributed by atoms with Gasteiger partial charge in [-0.1, -0.05) is 11.2 Å². The summed E-state index contributed by atoms with van der Waals surface area (Å²) in [6.07, 6.45) is 4.86. The molecule has 1 fully saturated rings. The molecule has 0 saturated heterocycles. The number of nitrogens with zero attached hydrogens (tertiary/aromatic N) is 3. The van der Waals surface area contributed by atoms with Gasteiger partial charge in [0.15, 0.2) is 0 Å². The van der Waals surface area contributed by atoms with Crippen molar-refractivity contribution in [2.45, 2.75) is 83.4 Å². The number of rotatable bonds is 4. The molecule has 9 heteroatoms. The number of hydrogen-bond donors (Lipinski definition) is 3. The Kier molecular flexibility index (Phi) is 6.62. The van der Waals surface area contributed by atoms with Gasteiger partial charge in [-0.2, -0.15) is 0 Å². The number of alkyl carbamates (subject to hydrolysis) is 1. The first-order valence-electron chi connectivity index (χ1n) is 12.1. The number of benzene rings is 1. The van der Waals surface area contributed by atoms with Gasteiger partial charge in [0.2, 0.25) is 0 Å². The average molecular weight is 481 g/mol. The highest BCUT2D eigenvalue weighted by atomic mass is 16.6. The topological polar surface area (TPSA) is 124 Å². The van der Waals surface area contributed by atoms with Gasteiger partial charge >= 0.3 is 6.09 Å². The van der Waals surface area contributed by atoms with Crippen LogP contribution < -0.4 is 16.4 Å². The maximum Gasteiger partial charge on any atom is 0.407 e. The van der Waals surface area contributed by atoms with Crippen LogP contribution in [0.4, 0.5) is 16.3 Å². The molecule has 2 aliphatic carbocycles. The molecule has 0 radical (unpaired) electrons. The molecule has 9 nitrogen and oxygen atoms in total. The van der Waals surface area contributed by atoms with E-state index in [0.29, 0.717) is 11.9 Å². The van der Waals surface area contributed by atoms with Gasteiger partial charge < -0.3 is 25.9 Å². The zero-order valence-corrected chi connectivity index (χ0v) is 21.4. The lowest BCUT2D eigenvalue weighted by atomic mass is 9.70. The maximum absolute atomic E-state index is 12.1. The van der Waals surface area contributed by atoms with Gasteiger partial charge in [-0.3, -0.25) is 0 Å². The van der Waals surface area contributed by atoms with Gasteiger partial charge in [-0.25, -0.2) is 14.8 Å². The summed E-state index contributed by atoms with van der Waals surface area (Å²) in [5.74, 6) is 0.452. The molecule has 1 aromatic carbocycles. The van der Waals surface area contributed by atoms with Crippen LogP contribution in [0.1, 0.15) is 71.4 Å². The van der Waals surface area contributed by atoms with Crippen LogP contribution in [-0.4, -0.2) is 46.6 Å². The van der Waals surface area contributed by atoms with Crippen molar-refractivity contribution in [1.29, 1.82) is 0 Å². The second-order valence-electron chi connectivity index (χ2n) is 10.8. The molecule has 1 heterocycles. The Morgan fingerprint density at radius 2 is 1.80 bits per heavy atom. The molecule has 0 unspecified atom stereocenters. The molecule has 0 spiro atoms. The molecule has 35 heavy (non-hydrogen) atoms. The van der Waals surface area contributed by atoms with Crippen LogP contribution >= 0.6 is 0 Å². The molecule has 4 rings (SSSR count). The second-order valence-corrected chi connectivity index (χ2v) is 10.8. The molecule has 1 amide bonds. The minimum Gasteiger partial charge on any atom is -0.444 e. The van der Waals surface area contributed by atoms with Crippen molar-refractivity contribution in [1.82, 2.24) is 15.3 Å². The Hall–Kier alpha value is -3.36. The molecule has 0 atom stereocenters. The standard InChI is InChI=1S/C26H36N6O3/c1-25(2,3)35-24(33)31-16-9-7-15(8-10-16)30-17-11-12-18-19(13-17)22(32-34-6)26(4,5)20-21(18)28-14-29-23(20)27/h11-16,30H,7-10H2,1-6H3,(H,31,33)(H2,27,28,29)/b32-22+/t15-,16-. The Morgan fingerprint density at radius 1 is 1.11 bits per heavy atom. The van der Waals surface area contributed by atoms with E-state index in [9.17, 15) is 4.79 Å². The van der Waals surface area contributed by atoms with Crippen molar-refractivity contribution in [3.63, 3.8) is 0 Å². The molecular weight excluding hydrogens is 444 g/mol. The normalized spacial score (nSPS) is 22.1. The summed E-state index contributed by atoms with van der Waals surface area (Å²) in [6, 6.07) is 6.68. The Labute approximate surface area is 206 Å². The molecule has 1 saturated carbocycles. The number of oxime groups is 1. The zero-order chi connectivity index (χ0) is 25.4. The van der Waals surface area contributed by atoms with Crippen molar-refractivity contribution in [3.05, 3.63) is 35.7 Å². The monoisotopic (exact) mass is 480 g/mol. The quantitative estimate of drug-likeness (QED) is 0.546. The number of nitrogens with one attached hydrogen (secondary N) is 2. The van der Waals surface area contributed by atoms with E-state index in [2.05, 4.69) is 57.8 Å². The molecule has 2 aliphatic rings. The van der Waals surface area contributed by atoms with Crippen LogP contribution in [0, 0.1) is 0 Å².